The van der Waals surface area contributed by atoms with Crippen molar-refractivity contribution in [2.45, 2.75) is 13.3 Å². The van der Waals surface area contributed by atoms with Gasteiger partial charge in [0.05, 0.1) is 17.7 Å². The fourth-order valence-electron chi connectivity index (χ4n) is 1.35. The summed E-state index contributed by atoms with van der Waals surface area (Å²) in [4.78, 5) is 22.0. The normalized spacial score (nSPS) is 9.94. The van der Waals surface area contributed by atoms with E-state index < -0.39 is 11.8 Å². The van der Waals surface area contributed by atoms with E-state index in [1.54, 1.807) is 6.07 Å². The van der Waals surface area contributed by atoms with E-state index in [2.05, 4.69) is 0 Å². The van der Waals surface area contributed by atoms with Gasteiger partial charge in [-0.2, -0.15) is 0 Å². The lowest BCUT2D eigenvalue weighted by Crippen LogP contribution is -2.14. The number of hydrogen-bond donors (Lipinski definition) is 1. The number of hydrogen-bond acceptors (Lipinski definition) is 3. The number of rotatable bonds is 4. The average Bonchev–Trinajstić information content (AvgIpc) is 2.26. The van der Waals surface area contributed by atoms with Crippen LogP contribution in [0.3, 0.4) is 0 Å². The Bertz CT molecular complexity index is 440. The van der Waals surface area contributed by atoms with Gasteiger partial charge in [0.25, 0.3) is 5.78 Å². The zero-order valence-electron chi connectivity index (χ0n) is 8.91. The van der Waals surface area contributed by atoms with Crippen LogP contribution in [0.2, 0.25) is 5.02 Å². The summed E-state index contributed by atoms with van der Waals surface area (Å²) < 4.78 is 4.93. The smallest absolute Gasteiger partial charge is 0.377 e. The molecule has 1 aromatic carbocycles. The number of carboxylic acids is 1. The van der Waals surface area contributed by atoms with Crippen molar-refractivity contribution < 1.29 is 19.4 Å². The molecule has 0 aromatic heterocycles. The van der Waals surface area contributed by atoms with Crippen LogP contribution in [0.4, 0.5) is 0 Å². The predicted molar refractivity (Wildman–Crippen MR) is 59.3 cm³/mol. The van der Waals surface area contributed by atoms with Gasteiger partial charge in [-0.1, -0.05) is 18.5 Å². The van der Waals surface area contributed by atoms with Gasteiger partial charge in [0, 0.05) is 0 Å². The van der Waals surface area contributed by atoms with Crippen LogP contribution in [0, 0.1) is 0 Å². The summed E-state index contributed by atoms with van der Waals surface area (Å²) >= 11 is 5.89. The number of methoxy groups -OCH3 is 1. The third-order valence-electron chi connectivity index (χ3n) is 2.15. The molecular formula is C11H11ClO4. The van der Waals surface area contributed by atoms with Crippen molar-refractivity contribution >= 4 is 23.4 Å². The molecule has 5 heteroatoms. The highest BCUT2D eigenvalue weighted by Gasteiger charge is 2.21. The second kappa shape index (κ2) is 4.99. The third kappa shape index (κ3) is 2.33. The first-order valence-electron chi connectivity index (χ1n) is 4.65. The van der Waals surface area contributed by atoms with Crippen LogP contribution < -0.4 is 4.74 Å². The van der Waals surface area contributed by atoms with E-state index in [0.717, 1.165) is 5.56 Å². The summed E-state index contributed by atoms with van der Waals surface area (Å²) in [5.74, 6) is -2.44. The van der Waals surface area contributed by atoms with Crippen molar-refractivity contribution in [1.29, 1.82) is 0 Å². The highest BCUT2D eigenvalue weighted by Crippen LogP contribution is 2.30. The number of Topliss-reactive ketones (excluding diaryl/α,β-unsaturated/α-hetero) is 1. The summed E-state index contributed by atoms with van der Waals surface area (Å²) in [5, 5.41) is 8.90. The van der Waals surface area contributed by atoms with Gasteiger partial charge in [-0.05, 0) is 24.1 Å². The van der Waals surface area contributed by atoms with Crippen molar-refractivity contribution in [1.82, 2.24) is 0 Å². The van der Waals surface area contributed by atoms with Crippen LogP contribution in [0.15, 0.2) is 12.1 Å². The Kier molecular flexibility index (Phi) is 3.90. The molecule has 0 heterocycles. The van der Waals surface area contributed by atoms with Crippen molar-refractivity contribution in [2.24, 2.45) is 0 Å². The molecule has 4 nitrogen and oxygen atoms in total. The predicted octanol–water partition coefficient (Wildman–Crippen LogP) is 2.18. The molecule has 1 rings (SSSR count). The number of carbonyl (C=O) groups is 2. The Morgan fingerprint density at radius 3 is 2.50 bits per heavy atom. The van der Waals surface area contributed by atoms with Gasteiger partial charge in [-0.3, -0.25) is 4.79 Å². The first-order chi connectivity index (χ1) is 7.51. The number of ether oxygens (including phenoxy) is 1. The first-order valence-corrected chi connectivity index (χ1v) is 5.03. The number of aliphatic carboxylic acids is 1. The molecule has 0 aliphatic heterocycles. The second-order valence-electron chi connectivity index (χ2n) is 3.15. The summed E-state index contributed by atoms with van der Waals surface area (Å²) in [5.41, 5.74) is 0.773. The molecule has 0 aliphatic rings. The first kappa shape index (κ1) is 12.5. The van der Waals surface area contributed by atoms with Crippen molar-refractivity contribution in [3.05, 3.63) is 28.3 Å². The summed E-state index contributed by atoms with van der Waals surface area (Å²) in [6, 6.07) is 3.14. The van der Waals surface area contributed by atoms with E-state index in [1.165, 1.54) is 13.2 Å². The van der Waals surface area contributed by atoms with Crippen LogP contribution in [0.5, 0.6) is 5.75 Å². The molecule has 0 atom stereocenters. The van der Waals surface area contributed by atoms with E-state index in [-0.39, 0.29) is 16.3 Å². The number of halogens is 1. The average molecular weight is 243 g/mol. The van der Waals surface area contributed by atoms with Crippen LogP contribution in [0.1, 0.15) is 22.8 Å². The second-order valence-corrected chi connectivity index (χ2v) is 3.55. The molecule has 0 bridgehead atoms. The van der Waals surface area contributed by atoms with E-state index in [4.69, 9.17) is 21.4 Å². The molecule has 0 saturated heterocycles. The maximum absolute atomic E-state index is 11.4. The van der Waals surface area contributed by atoms with Gasteiger partial charge in [0.1, 0.15) is 5.75 Å². The standard InChI is InChI=1S/C11H11ClO4/c1-3-6-4-7(9(13)11(14)15)10(16-2)8(12)5-6/h4-5H,3H2,1-2H3,(H,14,15). The van der Waals surface area contributed by atoms with Gasteiger partial charge >= 0.3 is 5.97 Å². The zero-order chi connectivity index (χ0) is 12.3. The zero-order valence-corrected chi connectivity index (χ0v) is 9.67. The van der Waals surface area contributed by atoms with Gasteiger partial charge in [0.15, 0.2) is 0 Å². The molecule has 0 fully saturated rings. The Morgan fingerprint density at radius 1 is 1.44 bits per heavy atom. The van der Waals surface area contributed by atoms with Crippen molar-refractivity contribution in [3.63, 3.8) is 0 Å². The molecule has 0 radical (unpaired) electrons. The van der Waals surface area contributed by atoms with Gasteiger partial charge in [-0.25, -0.2) is 4.79 Å². The topological polar surface area (TPSA) is 63.6 Å². The minimum Gasteiger partial charge on any atom is -0.494 e. The summed E-state index contributed by atoms with van der Waals surface area (Å²) in [6.45, 7) is 1.88. The molecule has 1 aromatic rings. The molecule has 0 saturated carbocycles. The summed E-state index contributed by atoms with van der Waals surface area (Å²) in [7, 11) is 1.34. The van der Waals surface area contributed by atoms with Crippen LogP contribution in [-0.4, -0.2) is 24.0 Å². The Balaban J connectivity index is 3.39. The SMILES string of the molecule is CCc1cc(Cl)c(OC)c(C(=O)C(=O)O)c1. The fraction of sp³-hybridized carbons (Fsp3) is 0.273. The quantitative estimate of drug-likeness (QED) is 0.649. The molecule has 0 unspecified atom stereocenters. The maximum atomic E-state index is 11.4. The molecule has 0 aliphatic carbocycles. The van der Waals surface area contributed by atoms with Crippen LogP contribution >= 0.6 is 11.6 Å². The highest BCUT2D eigenvalue weighted by atomic mass is 35.5. The lowest BCUT2D eigenvalue weighted by Gasteiger charge is -2.09. The Morgan fingerprint density at radius 2 is 2.06 bits per heavy atom. The van der Waals surface area contributed by atoms with Gasteiger partial charge < -0.3 is 9.84 Å². The fourth-order valence-corrected chi connectivity index (χ4v) is 1.66. The molecular weight excluding hydrogens is 232 g/mol. The largest absolute Gasteiger partial charge is 0.494 e. The van der Waals surface area contributed by atoms with Crippen LogP contribution in [0.25, 0.3) is 0 Å². The highest BCUT2D eigenvalue weighted by molar-refractivity contribution is 6.42. The monoisotopic (exact) mass is 242 g/mol. The summed E-state index contributed by atoms with van der Waals surface area (Å²) in [6.07, 6.45) is 0.656. The number of carboxylic acid groups (broad SMARTS) is 1. The van der Waals surface area contributed by atoms with Crippen molar-refractivity contribution in [2.75, 3.05) is 7.11 Å². The van der Waals surface area contributed by atoms with E-state index in [0.29, 0.717) is 6.42 Å². The minimum absolute atomic E-state index is 0.0145. The number of benzene rings is 1. The Hall–Kier alpha value is -1.55. The van der Waals surface area contributed by atoms with E-state index >= 15 is 0 Å². The lowest BCUT2D eigenvalue weighted by molar-refractivity contribution is -0.131. The van der Waals surface area contributed by atoms with E-state index in [1.807, 2.05) is 6.92 Å². The van der Waals surface area contributed by atoms with Crippen molar-refractivity contribution in [3.8, 4) is 5.75 Å². The number of ketones is 1. The van der Waals surface area contributed by atoms with Crippen LogP contribution in [-0.2, 0) is 11.2 Å². The minimum atomic E-state index is -1.53. The molecule has 86 valence electrons. The number of carbonyl (C=O) groups excluding carboxylic acids is 1. The molecule has 0 amide bonds. The maximum Gasteiger partial charge on any atom is 0.377 e. The molecule has 0 spiro atoms. The van der Waals surface area contributed by atoms with E-state index in [9.17, 15) is 9.59 Å². The molecule has 16 heavy (non-hydrogen) atoms. The number of aryl methyl sites for hydroxylation is 1. The van der Waals surface area contributed by atoms with Gasteiger partial charge in [-0.15, -0.1) is 0 Å². The lowest BCUT2D eigenvalue weighted by atomic mass is 10.0. The third-order valence-corrected chi connectivity index (χ3v) is 2.44. The van der Waals surface area contributed by atoms with Gasteiger partial charge in [0.2, 0.25) is 0 Å². The molecule has 1 N–H and O–H groups in total. The Labute approximate surface area is 97.8 Å².